The molecule has 2 aliphatic rings. The van der Waals surface area contributed by atoms with E-state index in [0.717, 1.165) is 30.0 Å². The van der Waals surface area contributed by atoms with Crippen molar-refractivity contribution in [2.75, 3.05) is 18.5 Å². The molecule has 4 nitrogen and oxygen atoms in total. The van der Waals surface area contributed by atoms with Gasteiger partial charge in [0.1, 0.15) is 6.07 Å². The van der Waals surface area contributed by atoms with Crippen LogP contribution in [0.15, 0.2) is 18.2 Å². The molecule has 0 heterocycles. The smallest absolute Gasteiger partial charge is 0.335 e. The van der Waals surface area contributed by atoms with Crippen molar-refractivity contribution in [1.29, 1.82) is 5.26 Å². The van der Waals surface area contributed by atoms with Crippen molar-refractivity contribution in [3.63, 3.8) is 0 Å². The molecular weight excluding hydrogens is 264 g/mol. The largest absolute Gasteiger partial charge is 0.478 e. The average molecular weight is 284 g/mol. The van der Waals surface area contributed by atoms with E-state index < -0.39 is 5.97 Å². The van der Waals surface area contributed by atoms with Gasteiger partial charge in [-0.3, -0.25) is 0 Å². The molecule has 1 aromatic rings. The fourth-order valence-electron chi connectivity index (χ4n) is 4.14. The first-order valence-corrected chi connectivity index (χ1v) is 7.57. The van der Waals surface area contributed by atoms with Crippen LogP contribution in [0, 0.1) is 29.1 Å². The maximum Gasteiger partial charge on any atom is 0.335 e. The van der Waals surface area contributed by atoms with Gasteiger partial charge in [0.15, 0.2) is 0 Å². The number of nitrogens with zero attached hydrogens (tertiary/aromatic N) is 2. The summed E-state index contributed by atoms with van der Waals surface area (Å²) in [5.41, 5.74) is 1.45. The molecule has 1 N–H and O–H groups in total. The van der Waals surface area contributed by atoms with Crippen LogP contribution in [0.5, 0.6) is 0 Å². The maximum absolute atomic E-state index is 11.0. The van der Waals surface area contributed by atoms with E-state index in [0.29, 0.717) is 5.56 Å². The van der Waals surface area contributed by atoms with Gasteiger partial charge < -0.3 is 10.0 Å². The molecule has 2 saturated carbocycles. The Morgan fingerprint density at radius 2 is 2.24 bits per heavy atom. The second-order valence-corrected chi connectivity index (χ2v) is 6.46. The number of carboxylic acid groups (broad SMARTS) is 1. The normalized spacial score (nSPS) is 26.6. The summed E-state index contributed by atoms with van der Waals surface area (Å²) in [6.07, 6.45) is 5.43. The molecule has 0 radical (unpaired) electrons. The Morgan fingerprint density at radius 1 is 1.43 bits per heavy atom. The summed E-state index contributed by atoms with van der Waals surface area (Å²) in [5, 5.41) is 18.3. The molecule has 2 fully saturated rings. The molecule has 0 saturated heterocycles. The van der Waals surface area contributed by atoms with Gasteiger partial charge in [0.2, 0.25) is 0 Å². The monoisotopic (exact) mass is 284 g/mol. The highest BCUT2D eigenvalue weighted by atomic mass is 16.4. The molecule has 2 aliphatic carbocycles. The summed E-state index contributed by atoms with van der Waals surface area (Å²) < 4.78 is 0. The van der Waals surface area contributed by atoms with Crippen LogP contribution in [0.3, 0.4) is 0 Å². The van der Waals surface area contributed by atoms with Gasteiger partial charge in [-0.05, 0) is 55.2 Å². The summed E-state index contributed by atoms with van der Waals surface area (Å²) in [4.78, 5) is 13.1. The van der Waals surface area contributed by atoms with E-state index in [1.54, 1.807) is 12.1 Å². The van der Waals surface area contributed by atoms with Gasteiger partial charge in [-0.15, -0.1) is 0 Å². The van der Waals surface area contributed by atoms with Crippen molar-refractivity contribution in [2.45, 2.75) is 25.7 Å². The Morgan fingerprint density at radius 3 is 2.81 bits per heavy atom. The van der Waals surface area contributed by atoms with Gasteiger partial charge in [-0.1, -0.05) is 6.42 Å². The van der Waals surface area contributed by atoms with Crippen LogP contribution in [0.4, 0.5) is 5.69 Å². The molecule has 4 heteroatoms. The van der Waals surface area contributed by atoms with Crippen LogP contribution in [0.25, 0.3) is 0 Å². The number of nitriles is 1. The summed E-state index contributed by atoms with van der Waals surface area (Å²) in [6.45, 7) is 0.961. The van der Waals surface area contributed by atoms with Crippen molar-refractivity contribution in [3.8, 4) is 6.07 Å². The molecule has 21 heavy (non-hydrogen) atoms. The minimum absolute atomic E-state index is 0.170. The fraction of sp³-hybridized carbons (Fsp3) is 0.529. The van der Waals surface area contributed by atoms with Gasteiger partial charge in [0, 0.05) is 13.6 Å². The second kappa shape index (κ2) is 5.40. The zero-order valence-electron chi connectivity index (χ0n) is 12.2. The molecule has 110 valence electrons. The van der Waals surface area contributed by atoms with Gasteiger partial charge in [-0.2, -0.15) is 5.26 Å². The first-order chi connectivity index (χ1) is 10.1. The molecule has 3 rings (SSSR count). The van der Waals surface area contributed by atoms with Gasteiger partial charge in [0.25, 0.3) is 0 Å². The quantitative estimate of drug-likeness (QED) is 0.922. The summed E-state index contributed by atoms with van der Waals surface area (Å²) >= 11 is 0. The number of anilines is 1. The molecule has 0 amide bonds. The lowest BCUT2D eigenvalue weighted by atomic mass is 9.88. The lowest BCUT2D eigenvalue weighted by Gasteiger charge is -2.29. The van der Waals surface area contributed by atoms with Crippen molar-refractivity contribution in [3.05, 3.63) is 29.3 Å². The second-order valence-electron chi connectivity index (χ2n) is 6.46. The predicted molar refractivity (Wildman–Crippen MR) is 80.3 cm³/mol. The van der Waals surface area contributed by atoms with Crippen LogP contribution >= 0.6 is 0 Å². The van der Waals surface area contributed by atoms with E-state index in [2.05, 4.69) is 11.0 Å². The molecule has 0 spiro atoms. The lowest BCUT2D eigenvalue weighted by Crippen LogP contribution is -2.29. The van der Waals surface area contributed by atoms with Crippen molar-refractivity contribution in [1.82, 2.24) is 0 Å². The Bertz CT molecular complexity index is 605. The van der Waals surface area contributed by atoms with E-state index in [1.807, 2.05) is 7.05 Å². The fourth-order valence-corrected chi connectivity index (χ4v) is 4.14. The van der Waals surface area contributed by atoms with Gasteiger partial charge in [-0.25, -0.2) is 4.79 Å². The molecule has 3 unspecified atom stereocenters. The zero-order chi connectivity index (χ0) is 15.0. The topological polar surface area (TPSA) is 64.3 Å². The van der Waals surface area contributed by atoms with Crippen molar-refractivity contribution >= 4 is 11.7 Å². The van der Waals surface area contributed by atoms with Gasteiger partial charge in [0.05, 0.1) is 16.8 Å². The minimum atomic E-state index is -0.992. The number of benzene rings is 1. The average Bonchev–Trinajstić information content (AvgIpc) is 3.08. The third-order valence-corrected chi connectivity index (χ3v) is 5.17. The first-order valence-electron chi connectivity index (χ1n) is 7.57. The number of hydrogen-bond donors (Lipinski definition) is 1. The first kappa shape index (κ1) is 13.9. The van der Waals surface area contributed by atoms with Crippen LogP contribution < -0.4 is 4.90 Å². The molecular formula is C17H20N2O2. The Kier molecular flexibility index (Phi) is 3.59. The number of fused-ring (bicyclic) bond motifs is 2. The molecule has 0 aliphatic heterocycles. The van der Waals surface area contributed by atoms with Crippen molar-refractivity contribution in [2.24, 2.45) is 17.8 Å². The van der Waals surface area contributed by atoms with Crippen LogP contribution in [0.1, 0.15) is 41.6 Å². The van der Waals surface area contributed by atoms with Crippen molar-refractivity contribution < 1.29 is 9.90 Å². The summed E-state index contributed by atoms with van der Waals surface area (Å²) in [6, 6.07) is 6.93. The highest BCUT2D eigenvalue weighted by molar-refractivity contribution is 5.89. The van der Waals surface area contributed by atoms with E-state index >= 15 is 0 Å². The van der Waals surface area contributed by atoms with Crippen LogP contribution in [-0.2, 0) is 0 Å². The highest BCUT2D eigenvalue weighted by Gasteiger charge is 2.39. The number of rotatable bonds is 4. The Labute approximate surface area is 125 Å². The van der Waals surface area contributed by atoms with E-state index in [4.69, 9.17) is 5.11 Å². The number of carboxylic acids is 1. The molecule has 3 atom stereocenters. The van der Waals surface area contributed by atoms with E-state index in [9.17, 15) is 10.1 Å². The van der Waals surface area contributed by atoms with Crippen LogP contribution in [-0.4, -0.2) is 24.7 Å². The third-order valence-electron chi connectivity index (χ3n) is 5.17. The maximum atomic E-state index is 11.0. The molecule has 0 aromatic heterocycles. The summed E-state index contributed by atoms with van der Waals surface area (Å²) in [5.74, 6) is 1.49. The van der Waals surface area contributed by atoms with Gasteiger partial charge >= 0.3 is 5.97 Å². The van der Waals surface area contributed by atoms with E-state index in [1.165, 1.54) is 31.7 Å². The lowest BCUT2D eigenvalue weighted by molar-refractivity contribution is 0.0697. The standard InChI is InChI=1S/C17H20N2O2/c1-19(10-15-7-11-2-3-12(15)6-11)16-5-4-13(17(20)21)8-14(16)9-18/h4-5,8,11-12,15H,2-3,6-7,10H2,1H3,(H,20,21). The Hall–Kier alpha value is -2.02. The third kappa shape index (κ3) is 2.61. The highest BCUT2D eigenvalue weighted by Crippen LogP contribution is 2.48. The van der Waals surface area contributed by atoms with Crippen LogP contribution in [0.2, 0.25) is 0 Å². The SMILES string of the molecule is CN(CC1CC2CCC1C2)c1ccc(C(=O)O)cc1C#N. The number of carbonyl (C=O) groups is 1. The number of aromatic carboxylic acids is 1. The minimum Gasteiger partial charge on any atom is -0.478 e. The number of hydrogen-bond acceptors (Lipinski definition) is 3. The molecule has 1 aromatic carbocycles. The van der Waals surface area contributed by atoms with E-state index in [-0.39, 0.29) is 5.56 Å². The summed E-state index contributed by atoms with van der Waals surface area (Å²) in [7, 11) is 2.00. The Balaban J connectivity index is 1.76. The zero-order valence-corrected chi connectivity index (χ0v) is 12.2. The molecule has 2 bridgehead atoms. The predicted octanol–water partition coefficient (Wildman–Crippen LogP) is 3.13.